The van der Waals surface area contributed by atoms with Gasteiger partial charge in [0, 0.05) is 43.6 Å². The van der Waals surface area contributed by atoms with E-state index in [9.17, 15) is 4.79 Å². The van der Waals surface area contributed by atoms with Gasteiger partial charge < -0.3 is 10.2 Å². The summed E-state index contributed by atoms with van der Waals surface area (Å²) in [7, 11) is 0. The average Bonchev–Trinajstić information content (AvgIpc) is 3.23. The molecule has 2 aromatic rings. The molecule has 0 saturated heterocycles. The first-order chi connectivity index (χ1) is 11.2. The molecule has 0 radical (unpaired) electrons. The molecule has 1 aromatic heterocycles. The van der Waals surface area contributed by atoms with Crippen LogP contribution in [0.2, 0.25) is 0 Å². The van der Waals surface area contributed by atoms with Crippen molar-refractivity contribution in [3.8, 4) is 0 Å². The summed E-state index contributed by atoms with van der Waals surface area (Å²) in [6, 6.07) is 10.6. The summed E-state index contributed by atoms with van der Waals surface area (Å²) in [5.74, 6) is 0.196. The molecule has 2 heterocycles. The lowest BCUT2D eigenvalue weighted by molar-refractivity contribution is -0.118. The normalized spacial score (nSPS) is 16.2. The number of fused-ring (bicyclic) bond motifs is 1. The molecule has 1 N–H and O–H groups in total. The number of nitrogens with zero attached hydrogens (tertiary/aromatic N) is 3. The van der Waals surface area contributed by atoms with Crippen LogP contribution < -0.4 is 10.2 Å². The molecule has 3 rings (SSSR count). The minimum atomic E-state index is 0.196. The lowest BCUT2D eigenvalue weighted by Gasteiger charge is -2.23. The first-order valence-corrected chi connectivity index (χ1v) is 8.27. The quantitative estimate of drug-likeness (QED) is 0.891. The zero-order valence-electron chi connectivity index (χ0n) is 13.8. The lowest BCUT2D eigenvalue weighted by atomic mass is 10.1. The molecule has 1 aliphatic heterocycles. The number of hydrogen-bond donors (Lipinski definition) is 1. The molecule has 1 aromatic carbocycles. The average molecular weight is 312 g/mol. The molecular formula is C18H24N4O. The van der Waals surface area contributed by atoms with Gasteiger partial charge in [-0.25, -0.2) is 0 Å². The summed E-state index contributed by atoms with van der Waals surface area (Å²) < 4.78 is 1.94. The van der Waals surface area contributed by atoms with Gasteiger partial charge in [-0.15, -0.1) is 0 Å². The molecule has 2 atom stereocenters. The largest absolute Gasteiger partial charge is 0.312 e. The van der Waals surface area contributed by atoms with E-state index in [1.54, 1.807) is 6.20 Å². The Hall–Kier alpha value is -2.14. The van der Waals surface area contributed by atoms with E-state index >= 15 is 0 Å². The van der Waals surface area contributed by atoms with Crippen LogP contribution in [0.15, 0.2) is 42.7 Å². The van der Waals surface area contributed by atoms with Gasteiger partial charge in [0.2, 0.25) is 5.91 Å². The van der Waals surface area contributed by atoms with Crippen molar-refractivity contribution in [3.63, 3.8) is 0 Å². The van der Waals surface area contributed by atoms with Gasteiger partial charge in [-0.3, -0.25) is 9.48 Å². The number of benzene rings is 1. The van der Waals surface area contributed by atoms with Crippen LogP contribution in [-0.4, -0.2) is 34.8 Å². The smallest absolute Gasteiger partial charge is 0.228 e. The molecular weight excluding hydrogens is 288 g/mol. The zero-order chi connectivity index (χ0) is 16.2. The third kappa shape index (κ3) is 3.45. The Balaban J connectivity index is 1.49. The van der Waals surface area contributed by atoms with Crippen LogP contribution in [0.25, 0.3) is 0 Å². The van der Waals surface area contributed by atoms with Crippen LogP contribution in [0.3, 0.4) is 0 Å². The van der Waals surface area contributed by atoms with Gasteiger partial charge in [-0.2, -0.15) is 5.10 Å². The van der Waals surface area contributed by atoms with Crippen molar-refractivity contribution in [2.75, 3.05) is 18.0 Å². The van der Waals surface area contributed by atoms with E-state index in [0.29, 0.717) is 13.0 Å². The fourth-order valence-corrected chi connectivity index (χ4v) is 3.06. The molecule has 1 amide bonds. The van der Waals surface area contributed by atoms with Crippen LogP contribution >= 0.6 is 0 Å². The van der Waals surface area contributed by atoms with Crippen LogP contribution in [0, 0.1) is 0 Å². The predicted octanol–water partition coefficient (Wildman–Crippen LogP) is 2.40. The fraction of sp³-hybridized carbons (Fsp3) is 0.444. The van der Waals surface area contributed by atoms with Crippen LogP contribution in [0.4, 0.5) is 5.69 Å². The van der Waals surface area contributed by atoms with Crippen molar-refractivity contribution >= 4 is 11.6 Å². The van der Waals surface area contributed by atoms with Gasteiger partial charge in [0.25, 0.3) is 0 Å². The molecule has 0 aliphatic carbocycles. The van der Waals surface area contributed by atoms with Gasteiger partial charge in [-0.05, 0) is 38.0 Å². The Kier molecular flexibility index (Phi) is 4.76. The first kappa shape index (κ1) is 15.7. The highest BCUT2D eigenvalue weighted by molar-refractivity contribution is 5.95. The maximum absolute atomic E-state index is 12.5. The topological polar surface area (TPSA) is 50.2 Å². The molecule has 0 spiro atoms. The van der Waals surface area contributed by atoms with E-state index in [1.165, 1.54) is 5.56 Å². The molecule has 0 unspecified atom stereocenters. The fourth-order valence-electron chi connectivity index (χ4n) is 3.06. The van der Waals surface area contributed by atoms with Crippen molar-refractivity contribution in [1.82, 2.24) is 15.1 Å². The second kappa shape index (κ2) is 6.96. The summed E-state index contributed by atoms with van der Waals surface area (Å²) in [6.07, 6.45) is 5.24. The van der Waals surface area contributed by atoms with E-state index in [1.807, 2.05) is 40.0 Å². The Bertz CT molecular complexity index is 653. The summed E-state index contributed by atoms with van der Waals surface area (Å²) >= 11 is 0. The first-order valence-electron chi connectivity index (χ1n) is 8.27. The molecule has 122 valence electrons. The van der Waals surface area contributed by atoms with E-state index in [4.69, 9.17) is 0 Å². The van der Waals surface area contributed by atoms with E-state index in [0.717, 1.165) is 18.7 Å². The number of anilines is 1. The van der Waals surface area contributed by atoms with Crippen LogP contribution in [0.5, 0.6) is 0 Å². The number of hydrogen-bond acceptors (Lipinski definition) is 3. The highest BCUT2D eigenvalue weighted by atomic mass is 16.2. The number of para-hydroxylation sites is 1. The van der Waals surface area contributed by atoms with E-state index < -0.39 is 0 Å². The minimum absolute atomic E-state index is 0.196. The maximum Gasteiger partial charge on any atom is 0.228 e. The van der Waals surface area contributed by atoms with Crippen LogP contribution in [0.1, 0.15) is 31.9 Å². The molecule has 0 fully saturated rings. The third-order valence-corrected chi connectivity index (χ3v) is 4.66. The zero-order valence-corrected chi connectivity index (χ0v) is 13.8. The molecule has 0 bridgehead atoms. The predicted molar refractivity (Wildman–Crippen MR) is 91.5 cm³/mol. The van der Waals surface area contributed by atoms with E-state index in [2.05, 4.69) is 30.3 Å². The molecule has 0 saturated carbocycles. The second-order valence-electron chi connectivity index (χ2n) is 6.14. The third-order valence-electron chi connectivity index (χ3n) is 4.66. The monoisotopic (exact) mass is 312 g/mol. The second-order valence-corrected chi connectivity index (χ2v) is 6.14. The van der Waals surface area contributed by atoms with Crippen LogP contribution in [-0.2, 0) is 11.2 Å². The Labute approximate surface area is 137 Å². The van der Waals surface area contributed by atoms with Crippen molar-refractivity contribution in [2.45, 2.75) is 38.8 Å². The number of carbonyl (C=O) groups excluding carboxylic acids is 1. The molecule has 1 aliphatic rings. The molecule has 23 heavy (non-hydrogen) atoms. The van der Waals surface area contributed by atoms with Gasteiger partial charge in [0.15, 0.2) is 0 Å². The Morgan fingerprint density at radius 3 is 2.91 bits per heavy atom. The SMILES string of the molecule is C[C@H](NCCC(=O)N1CCc2ccccc21)[C@@H](C)n1cccn1. The molecule has 5 nitrogen and oxygen atoms in total. The summed E-state index contributed by atoms with van der Waals surface area (Å²) in [4.78, 5) is 14.4. The minimum Gasteiger partial charge on any atom is -0.312 e. The number of aromatic nitrogens is 2. The van der Waals surface area contributed by atoms with Gasteiger partial charge >= 0.3 is 0 Å². The van der Waals surface area contributed by atoms with E-state index in [-0.39, 0.29) is 18.0 Å². The summed E-state index contributed by atoms with van der Waals surface area (Å²) in [5.41, 5.74) is 2.35. The summed E-state index contributed by atoms with van der Waals surface area (Å²) in [6.45, 7) is 5.74. The highest BCUT2D eigenvalue weighted by Crippen LogP contribution is 2.27. The molecule has 5 heteroatoms. The van der Waals surface area contributed by atoms with Gasteiger partial charge in [-0.1, -0.05) is 18.2 Å². The number of rotatable bonds is 6. The number of amides is 1. The Morgan fingerprint density at radius 1 is 1.30 bits per heavy atom. The van der Waals surface area contributed by atoms with Crippen molar-refractivity contribution in [1.29, 1.82) is 0 Å². The maximum atomic E-state index is 12.5. The number of nitrogens with one attached hydrogen (secondary N) is 1. The van der Waals surface area contributed by atoms with Crippen molar-refractivity contribution in [3.05, 3.63) is 48.3 Å². The van der Waals surface area contributed by atoms with Crippen molar-refractivity contribution < 1.29 is 4.79 Å². The lowest BCUT2D eigenvalue weighted by Crippen LogP contribution is -2.37. The summed E-state index contributed by atoms with van der Waals surface area (Å²) in [5, 5.41) is 7.71. The Morgan fingerprint density at radius 2 is 2.13 bits per heavy atom. The number of carbonyl (C=O) groups is 1. The van der Waals surface area contributed by atoms with Gasteiger partial charge in [0.1, 0.15) is 0 Å². The van der Waals surface area contributed by atoms with Gasteiger partial charge in [0.05, 0.1) is 6.04 Å². The standard InChI is InChI=1S/C18H24N4O/c1-14(15(2)22-12-5-10-20-22)19-11-8-18(23)21-13-9-16-6-3-4-7-17(16)21/h3-7,10,12,14-15,19H,8-9,11,13H2,1-2H3/t14-,15+/m0/s1. The van der Waals surface area contributed by atoms with Crippen molar-refractivity contribution in [2.24, 2.45) is 0 Å². The highest BCUT2D eigenvalue weighted by Gasteiger charge is 2.23.